The SMILES string of the molecule is Cc1cc2c(cc1C1(C)OCC(C)(C)CO1)C(C)(C)CC(C)C2(C)C. The van der Waals surface area contributed by atoms with Gasteiger partial charge in [0.25, 0.3) is 0 Å². The normalized spacial score (nSPS) is 29.1. The summed E-state index contributed by atoms with van der Waals surface area (Å²) < 4.78 is 12.5. The summed E-state index contributed by atoms with van der Waals surface area (Å²) in [5.41, 5.74) is 5.89. The molecule has 0 N–H and O–H groups in total. The molecule has 0 saturated carbocycles. The maximum atomic E-state index is 6.26. The molecule has 1 saturated heterocycles. The van der Waals surface area contributed by atoms with Crippen LogP contribution >= 0.6 is 0 Å². The van der Waals surface area contributed by atoms with Gasteiger partial charge < -0.3 is 9.47 Å². The van der Waals surface area contributed by atoms with Crippen LogP contribution < -0.4 is 0 Å². The highest BCUT2D eigenvalue weighted by molar-refractivity contribution is 5.48. The van der Waals surface area contributed by atoms with E-state index in [1.807, 2.05) is 0 Å². The molecule has 0 radical (unpaired) electrons. The Kier molecular flexibility index (Phi) is 4.21. The molecule has 1 aromatic carbocycles. The van der Waals surface area contributed by atoms with Crippen LogP contribution in [0.2, 0.25) is 0 Å². The second kappa shape index (κ2) is 5.57. The quantitative estimate of drug-likeness (QED) is 0.637. The minimum Gasteiger partial charge on any atom is -0.345 e. The van der Waals surface area contributed by atoms with E-state index < -0.39 is 5.79 Å². The van der Waals surface area contributed by atoms with Crippen LogP contribution in [-0.2, 0) is 26.1 Å². The van der Waals surface area contributed by atoms with Gasteiger partial charge in [0.05, 0.1) is 13.2 Å². The molecule has 0 amide bonds. The van der Waals surface area contributed by atoms with Gasteiger partial charge in [-0.15, -0.1) is 0 Å². The third kappa shape index (κ3) is 3.06. The number of rotatable bonds is 1. The highest BCUT2D eigenvalue weighted by atomic mass is 16.7. The smallest absolute Gasteiger partial charge is 0.192 e. The molecule has 2 heteroatoms. The molecular formula is C23H36O2. The molecule has 1 unspecified atom stereocenters. The van der Waals surface area contributed by atoms with Gasteiger partial charge in [-0.3, -0.25) is 0 Å². The highest BCUT2D eigenvalue weighted by Gasteiger charge is 2.45. The second-order valence-corrected chi connectivity index (χ2v) is 10.6. The molecule has 0 spiro atoms. The summed E-state index contributed by atoms with van der Waals surface area (Å²) in [5.74, 6) is 0.0246. The number of benzene rings is 1. The molecule has 2 aliphatic rings. The zero-order valence-electron chi connectivity index (χ0n) is 17.7. The molecule has 0 bridgehead atoms. The van der Waals surface area contributed by atoms with E-state index in [0.29, 0.717) is 5.92 Å². The molecule has 1 fully saturated rings. The average Bonchev–Trinajstić information content (AvgIpc) is 2.48. The van der Waals surface area contributed by atoms with Crippen molar-refractivity contribution >= 4 is 0 Å². The average molecular weight is 345 g/mol. The first kappa shape index (κ1) is 18.9. The predicted octanol–water partition coefficient (Wildman–Crippen LogP) is 5.84. The van der Waals surface area contributed by atoms with E-state index in [0.717, 1.165) is 13.2 Å². The molecular weight excluding hydrogens is 308 g/mol. The van der Waals surface area contributed by atoms with Gasteiger partial charge in [-0.1, -0.05) is 54.5 Å². The van der Waals surface area contributed by atoms with Crippen LogP contribution in [-0.4, -0.2) is 13.2 Å². The van der Waals surface area contributed by atoms with Crippen molar-refractivity contribution in [3.8, 4) is 0 Å². The lowest BCUT2D eigenvalue weighted by molar-refractivity contribution is -0.298. The van der Waals surface area contributed by atoms with Crippen LogP contribution in [0.4, 0.5) is 0 Å². The molecule has 1 atom stereocenters. The summed E-state index contributed by atoms with van der Waals surface area (Å²) in [6.07, 6.45) is 1.21. The Morgan fingerprint density at radius 2 is 1.40 bits per heavy atom. The van der Waals surface area contributed by atoms with Crippen LogP contribution in [0.25, 0.3) is 0 Å². The molecule has 1 aliphatic heterocycles. The standard InChI is InChI=1S/C23H36O2/c1-15-10-19-18(21(5,6)12-16(2)22(19,7)8)11-17(15)23(9)24-13-20(3,4)14-25-23/h10-11,16H,12-14H2,1-9H3. The molecule has 1 aliphatic carbocycles. The van der Waals surface area contributed by atoms with Gasteiger partial charge in [0, 0.05) is 11.0 Å². The lowest BCUT2D eigenvalue weighted by Gasteiger charge is -2.48. The molecule has 140 valence electrons. The van der Waals surface area contributed by atoms with Crippen molar-refractivity contribution in [2.24, 2.45) is 11.3 Å². The van der Waals surface area contributed by atoms with Crippen LogP contribution in [0.5, 0.6) is 0 Å². The topological polar surface area (TPSA) is 18.5 Å². The van der Waals surface area contributed by atoms with E-state index in [9.17, 15) is 0 Å². The Balaban J connectivity index is 2.11. The lowest BCUT2D eigenvalue weighted by atomic mass is 9.57. The first-order valence-corrected chi connectivity index (χ1v) is 9.73. The largest absolute Gasteiger partial charge is 0.345 e. The Hall–Kier alpha value is -0.860. The predicted molar refractivity (Wildman–Crippen MR) is 104 cm³/mol. The van der Waals surface area contributed by atoms with Gasteiger partial charge in [0.1, 0.15) is 0 Å². The molecule has 1 heterocycles. The van der Waals surface area contributed by atoms with E-state index in [2.05, 4.69) is 74.4 Å². The minimum atomic E-state index is -0.641. The minimum absolute atomic E-state index is 0.0817. The molecule has 0 aromatic heterocycles. The Morgan fingerprint density at radius 1 is 0.840 bits per heavy atom. The van der Waals surface area contributed by atoms with Gasteiger partial charge in [-0.2, -0.15) is 0 Å². The summed E-state index contributed by atoms with van der Waals surface area (Å²) in [6, 6.07) is 4.79. The number of hydrogen-bond donors (Lipinski definition) is 0. The Bertz CT molecular complexity index is 672. The molecule has 25 heavy (non-hydrogen) atoms. The van der Waals surface area contributed by atoms with Gasteiger partial charge >= 0.3 is 0 Å². The summed E-state index contributed by atoms with van der Waals surface area (Å²) in [4.78, 5) is 0. The fourth-order valence-corrected chi connectivity index (χ4v) is 4.59. The van der Waals surface area contributed by atoms with Crippen molar-refractivity contribution in [3.63, 3.8) is 0 Å². The van der Waals surface area contributed by atoms with Crippen LogP contribution in [0.15, 0.2) is 12.1 Å². The summed E-state index contributed by atoms with van der Waals surface area (Å²) in [5, 5.41) is 0. The van der Waals surface area contributed by atoms with Crippen molar-refractivity contribution in [1.82, 2.24) is 0 Å². The third-order valence-corrected chi connectivity index (χ3v) is 6.80. The van der Waals surface area contributed by atoms with Crippen molar-refractivity contribution in [1.29, 1.82) is 0 Å². The monoisotopic (exact) mass is 344 g/mol. The first-order chi connectivity index (χ1) is 11.3. The maximum Gasteiger partial charge on any atom is 0.192 e. The Morgan fingerprint density at radius 3 is 1.96 bits per heavy atom. The highest BCUT2D eigenvalue weighted by Crippen LogP contribution is 2.51. The Labute approximate surface area is 154 Å². The van der Waals surface area contributed by atoms with Gasteiger partial charge in [-0.05, 0) is 59.8 Å². The number of ether oxygens (including phenoxy) is 2. The third-order valence-electron chi connectivity index (χ3n) is 6.80. The van der Waals surface area contributed by atoms with E-state index in [1.165, 1.54) is 28.7 Å². The molecule has 1 aromatic rings. The van der Waals surface area contributed by atoms with Gasteiger partial charge in [0.15, 0.2) is 5.79 Å². The van der Waals surface area contributed by atoms with Crippen molar-refractivity contribution in [2.45, 2.75) is 85.4 Å². The van der Waals surface area contributed by atoms with E-state index in [1.54, 1.807) is 0 Å². The van der Waals surface area contributed by atoms with Crippen molar-refractivity contribution < 1.29 is 9.47 Å². The number of hydrogen-bond acceptors (Lipinski definition) is 2. The summed E-state index contributed by atoms with van der Waals surface area (Å²) in [6.45, 7) is 22.1. The number of aryl methyl sites for hydroxylation is 1. The maximum absolute atomic E-state index is 6.26. The number of fused-ring (bicyclic) bond motifs is 1. The zero-order valence-corrected chi connectivity index (χ0v) is 17.7. The second-order valence-electron chi connectivity index (χ2n) is 10.6. The van der Waals surface area contributed by atoms with Crippen LogP contribution in [0.3, 0.4) is 0 Å². The van der Waals surface area contributed by atoms with Crippen molar-refractivity contribution in [2.75, 3.05) is 13.2 Å². The molecule has 2 nitrogen and oxygen atoms in total. The van der Waals surface area contributed by atoms with Gasteiger partial charge in [0.2, 0.25) is 0 Å². The zero-order chi connectivity index (χ0) is 18.8. The van der Waals surface area contributed by atoms with Gasteiger partial charge in [-0.25, -0.2) is 0 Å². The first-order valence-electron chi connectivity index (χ1n) is 9.73. The summed E-state index contributed by atoms with van der Waals surface area (Å²) >= 11 is 0. The van der Waals surface area contributed by atoms with Crippen molar-refractivity contribution in [3.05, 3.63) is 34.4 Å². The van der Waals surface area contributed by atoms with Crippen LogP contribution in [0, 0.1) is 18.3 Å². The van der Waals surface area contributed by atoms with E-state index in [-0.39, 0.29) is 16.2 Å². The fraction of sp³-hybridized carbons (Fsp3) is 0.739. The fourth-order valence-electron chi connectivity index (χ4n) is 4.59. The lowest BCUT2D eigenvalue weighted by Crippen LogP contribution is -2.45. The van der Waals surface area contributed by atoms with Crippen LogP contribution in [0.1, 0.15) is 84.1 Å². The van der Waals surface area contributed by atoms with E-state index in [4.69, 9.17) is 9.47 Å². The summed E-state index contributed by atoms with van der Waals surface area (Å²) in [7, 11) is 0. The molecule has 3 rings (SSSR count). The van der Waals surface area contributed by atoms with E-state index >= 15 is 0 Å².